The minimum Gasteiger partial charge on any atom is -0.376 e. The molecule has 0 aromatic rings. The van der Waals surface area contributed by atoms with Gasteiger partial charge < -0.3 is 14.8 Å². The van der Waals surface area contributed by atoms with Gasteiger partial charge in [-0.1, -0.05) is 0 Å². The summed E-state index contributed by atoms with van der Waals surface area (Å²) in [6.45, 7) is 11.0. The molecule has 0 saturated carbocycles. The van der Waals surface area contributed by atoms with Crippen LogP contribution in [0.5, 0.6) is 0 Å². The standard InChI is InChI=1S/C13H26N2O2/c1-11(9-13(5,10-14)15-6)16-7-8-17-12(2,3)4/h11,15H,7-9H2,1-6H3. The second kappa shape index (κ2) is 6.95. The zero-order valence-corrected chi connectivity index (χ0v) is 12.0. The first-order chi connectivity index (χ1) is 7.72. The van der Waals surface area contributed by atoms with Gasteiger partial charge in [0.15, 0.2) is 0 Å². The van der Waals surface area contributed by atoms with Gasteiger partial charge in [0.2, 0.25) is 0 Å². The van der Waals surface area contributed by atoms with E-state index in [-0.39, 0.29) is 11.7 Å². The Morgan fingerprint density at radius 1 is 1.24 bits per heavy atom. The molecule has 4 heteroatoms. The second-order valence-corrected chi connectivity index (χ2v) is 5.54. The average molecular weight is 242 g/mol. The third-order valence-electron chi connectivity index (χ3n) is 2.52. The van der Waals surface area contributed by atoms with Crippen molar-refractivity contribution in [3.05, 3.63) is 0 Å². The van der Waals surface area contributed by atoms with Crippen molar-refractivity contribution < 1.29 is 9.47 Å². The predicted octanol–water partition coefficient (Wildman–Crippen LogP) is 2.10. The summed E-state index contributed by atoms with van der Waals surface area (Å²) in [5.74, 6) is 0. The van der Waals surface area contributed by atoms with Gasteiger partial charge in [-0.2, -0.15) is 5.26 Å². The number of nitrogens with one attached hydrogen (secondary N) is 1. The fourth-order valence-corrected chi connectivity index (χ4v) is 1.43. The summed E-state index contributed by atoms with van der Waals surface area (Å²) in [5, 5.41) is 12.0. The Morgan fingerprint density at radius 2 is 1.82 bits per heavy atom. The summed E-state index contributed by atoms with van der Waals surface area (Å²) in [4.78, 5) is 0. The Bertz CT molecular complexity index is 255. The van der Waals surface area contributed by atoms with E-state index in [9.17, 15) is 0 Å². The molecule has 100 valence electrons. The molecular weight excluding hydrogens is 216 g/mol. The van der Waals surface area contributed by atoms with Crippen LogP contribution in [-0.4, -0.2) is 37.5 Å². The highest BCUT2D eigenvalue weighted by Gasteiger charge is 2.24. The van der Waals surface area contributed by atoms with Crippen LogP contribution in [-0.2, 0) is 9.47 Å². The number of rotatable bonds is 7. The lowest BCUT2D eigenvalue weighted by molar-refractivity contribution is -0.0518. The third-order valence-corrected chi connectivity index (χ3v) is 2.52. The molecule has 0 bridgehead atoms. The van der Waals surface area contributed by atoms with Gasteiger partial charge >= 0.3 is 0 Å². The number of hydrogen-bond donors (Lipinski definition) is 1. The first kappa shape index (κ1) is 16.4. The molecule has 17 heavy (non-hydrogen) atoms. The van der Waals surface area contributed by atoms with E-state index >= 15 is 0 Å². The quantitative estimate of drug-likeness (QED) is 0.695. The summed E-state index contributed by atoms with van der Waals surface area (Å²) in [7, 11) is 1.79. The highest BCUT2D eigenvalue weighted by molar-refractivity contribution is 5.03. The lowest BCUT2D eigenvalue weighted by atomic mass is 9.97. The van der Waals surface area contributed by atoms with E-state index in [2.05, 4.69) is 11.4 Å². The van der Waals surface area contributed by atoms with Crippen molar-refractivity contribution in [2.45, 2.75) is 58.3 Å². The van der Waals surface area contributed by atoms with Crippen LogP contribution in [0.1, 0.15) is 41.0 Å². The van der Waals surface area contributed by atoms with Gasteiger partial charge in [0.25, 0.3) is 0 Å². The molecule has 0 rings (SSSR count). The Balaban J connectivity index is 3.82. The maximum Gasteiger partial charge on any atom is 0.106 e. The summed E-state index contributed by atoms with van der Waals surface area (Å²) in [5.41, 5.74) is -0.650. The maximum absolute atomic E-state index is 9.02. The molecule has 0 amide bonds. The molecule has 0 aliphatic carbocycles. The maximum atomic E-state index is 9.02. The highest BCUT2D eigenvalue weighted by Crippen LogP contribution is 2.13. The molecule has 2 atom stereocenters. The molecule has 0 saturated heterocycles. The number of hydrogen-bond acceptors (Lipinski definition) is 4. The van der Waals surface area contributed by atoms with Crippen LogP contribution in [0, 0.1) is 11.3 Å². The van der Waals surface area contributed by atoms with Gasteiger partial charge in [0.1, 0.15) is 5.54 Å². The summed E-state index contributed by atoms with van der Waals surface area (Å²) in [6, 6.07) is 2.25. The molecule has 4 nitrogen and oxygen atoms in total. The molecule has 0 spiro atoms. The van der Waals surface area contributed by atoms with E-state index in [1.54, 1.807) is 7.05 Å². The van der Waals surface area contributed by atoms with Crippen molar-refractivity contribution in [2.24, 2.45) is 0 Å². The van der Waals surface area contributed by atoms with Gasteiger partial charge in [0.05, 0.1) is 31.0 Å². The largest absolute Gasteiger partial charge is 0.376 e. The summed E-state index contributed by atoms with van der Waals surface area (Å²) in [6.07, 6.45) is 0.700. The van der Waals surface area contributed by atoms with Gasteiger partial charge in [-0.15, -0.1) is 0 Å². The Morgan fingerprint density at radius 3 is 2.24 bits per heavy atom. The molecule has 0 aromatic heterocycles. The van der Waals surface area contributed by atoms with Crippen LogP contribution in [0.2, 0.25) is 0 Å². The smallest absolute Gasteiger partial charge is 0.106 e. The number of ether oxygens (including phenoxy) is 2. The van der Waals surface area contributed by atoms with Crippen molar-refractivity contribution in [1.82, 2.24) is 5.32 Å². The van der Waals surface area contributed by atoms with Crippen LogP contribution in [0.15, 0.2) is 0 Å². The van der Waals surface area contributed by atoms with Crippen LogP contribution >= 0.6 is 0 Å². The van der Waals surface area contributed by atoms with E-state index in [1.807, 2.05) is 34.6 Å². The van der Waals surface area contributed by atoms with E-state index < -0.39 is 5.54 Å². The fourth-order valence-electron chi connectivity index (χ4n) is 1.43. The molecule has 0 aliphatic heterocycles. The van der Waals surface area contributed by atoms with E-state index in [0.29, 0.717) is 19.6 Å². The van der Waals surface area contributed by atoms with Crippen molar-refractivity contribution >= 4 is 0 Å². The van der Waals surface area contributed by atoms with Crippen LogP contribution in [0.25, 0.3) is 0 Å². The van der Waals surface area contributed by atoms with E-state index in [4.69, 9.17) is 14.7 Å². The van der Waals surface area contributed by atoms with E-state index in [0.717, 1.165) is 0 Å². The lowest BCUT2D eigenvalue weighted by Gasteiger charge is -2.25. The molecular formula is C13H26N2O2. The molecule has 1 N–H and O–H groups in total. The predicted molar refractivity (Wildman–Crippen MR) is 68.8 cm³/mol. The first-order valence-corrected chi connectivity index (χ1v) is 6.08. The molecule has 0 fully saturated rings. The average Bonchev–Trinajstić information content (AvgIpc) is 2.23. The van der Waals surface area contributed by atoms with Crippen molar-refractivity contribution in [3.8, 4) is 6.07 Å². The topological polar surface area (TPSA) is 54.3 Å². The zero-order chi connectivity index (χ0) is 13.5. The summed E-state index contributed by atoms with van der Waals surface area (Å²) >= 11 is 0. The Labute approximate surface area is 105 Å². The molecule has 0 heterocycles. The van der Waals surface area contributed by atoms with Crippen LogP contribution in [0.3, 0.4) is 0 Å². The monoisotopic (exact) mass is 242 g/mol. The Kier molecular flexibility index (Phi) is 6.69. The zero-order valence-electron chi connectivity index (χ0n) is 12.0. The number of nitrogens with zero attached hydrogens (tertiary/aromatic N) is 1. The summed E-state index contributed by atoms with van der Waals surface area (Å²) < 4.78 is 11.2. The normalized spacial score (nSPS) is 17.2. The first-order valence-electron chi connectivity index (χ1n) is 6.08. The SMILES string of the molecule is CNC(C)(C#N)CC(C)OCCOC(C)(C)C. The Hall–Kier alpha value is -0.630. The van der Waals surface area contributed by atoms with Gasteiger partial charge in [-0.25, -0.2) is 0 Å². The number of nitriles is 1. The minimum absolute atomic E-state index is 0.0377. The third kappa shape index (κ3) is 8.14. The van der Waals surface area contributed by atoms with Crippen molar-refractivity contribution in [1.29, 1.82) is 5.26 Å². The molecule has 0 radical (unpaired) electrons. The van der Waals surface area contributed by atoms with Crippen LogP contribution < -0.4 is 5.32 Å². The lowest BCUT2D eigenvalue weighted by Crippen LogP contribution is -2.41. The van der Waals surface area contributed by atoms with E-state index in [1.165, 1.54) is 0 Å². The fraction of sp³-hybridized carbons (Fsp3) is 0.923. The highest BCUT2D eigenvalue weighted by atomic mass is 16.5. The van der Waals surface area contributed by atoms with Crippen LogP contribution in [0.4, 0.5) is 0 Å². The second-order valence-electron chi connectivity index (χ2n) is 5.54. The molecule has 0 aromatic carbocycles. The molecule has 2 unspecified atom stereocenters. The van der Waals surface area contributed by atoms with Crippen molar-refractivity contribution in [2.75, 3.05) is 20.3 Å². The van der Waals surface area contributed by atoms with Gasteiger partial charge in [-0.3, -0.25) is 0 Å². The minimum atomic E-state index is -0.524. The van der Waals surface area contributed by atoms with Crippen molar-refractivity contribution in [3.63, 3.8) is 0 Å². The van der Waals surface area contributed by atoms with Gasteiger partial charge in [0, 0.05) is 6.42 Å². The molecule has 0 aliphatic rings. The van der Waals surface area contributed by atoms with Gasteiger partial charge in [-0.05, 0) is 41.7 Å².